The van der Waals surface area contributed by atoms with E-state index in [0.29, 0.717) is 6.54 Å². The first-order valence-corrected chi connectivity index (χ1v) is 6.87. The molecule has 2 aromatic rings. The Kier molecular flexibility index (Phi) is 5.06. The van der Waals surface area contributed by atoms with E-state index in [1.165, 1.54) is 0 Å². The third-order valence-corrected chi connectivity index (χ3v) is 3.37. The Morgan fingerprint density at radius 1 is 1.10 bits per heavy atom. The first-order chi connectivity index (χ1) is 10.2. The van der Waals surface area contributed by atoms with Gasteiger partial charge >= 0.3 is 0 Å². The van der Waals surface area contributed by atoms with Gasteiger partial charge in [0.15, 0.2) is 0 Å². The molecule has 0 saturated heterocycles. The molecule has 0 aliphatic rings. The summed E-state index contributed by atoms with van der Waals surface area (Å²) in [6, 6.07) is 13.4. The highest BCUT2D eigenvalue weighted by Gasteiger charge is 2.09. The fraction of sp³-hybridized carbons (Fsp3) is 0.294. The molecule has 1 unspecified atom stereocenters. The second kappa shape index (κ2) is 6.99. The molecule has 112 valence electrons. The molecular weight excluding hydrogens is 266 g/mol. The standard InChI is InChI=1S/C17H21NO3/c1-12(19)15-6-4-5-7-16(15)18-11-13-10-14(20-2)8-9-17(13)21-3/h4-10,12,18-19H,11H2,1-3H3. The van der Waals surface area contributed by atoms with Crippen LogP contribution in [0.4, 0.5) is 5.69 Å². The van der Waals surface area contributed by atoms with Crippen molar-refractivity contribution in [3.8, 4) is 11.5 Å². The lowest BCUT2D eigenvalue weighted by molar-refractivity contribution is 0.200. The zero-order valence-electron chi connectivity index (χ0n) is 12.6. The summed E-state index contributed by atoms with van der Waals surface area (Å²) < 4.78 is 10.6. The average molecular weight is 287 g/mol. The highest BCUT2D eigenvalue weighted by Crippen LogP contribution is 2.27. The molecule has 2 rings (SSSR count). The zero-order valence-corrected chi connectivity index (χ0v) is 12.6. The van der Waals surface area contributed by atoms with Crippen LogP contribution in [0.2, 0.25) is 0 Å². The molecule has 2 aromatic carbocycles. The van der Waals surface area contributed by atoms with Crippen molar-refractivity contribution < 1.29 is 14.6 Å². The summed E-state index contributed by atoms with van der Waals surface area (Å²) in [5.41, 5.74) is 2.79. The van der Waals surface area contributed by atoms with Crippen molar-refractivity contribution in [3.63, 3.8) is 0 Å². The molecule has 21 heavy (non-hydrogen) atoms. The Hall–Kier alpha value is -2.20. The summed E-state index contributed by atoms with van der Waals surface area (Å²) in [6.45, 7) is 2.34. The van der Waals surface area contributed by atoms with Crippen molar-refractivity contribution in [2.24, 2.45) is 0 Å². The summed E-state index contributed by atoms with van der Waals surface area (Å²) in [4.78, 5) is 0. The van der Waals surface area contributed by atoms with Crippen molar-refractivity contribution in [1.29, 1.82) is 0 Å². The largest absolute Gasteiger partial charge is 0.497 e. The number of anilines is 1. The van der Waals surface area contributed by atoms with Gasteiger partial charge in [-0.3, -0.25) is 0 Å². The monoisotopic (exact) mass is 287 g/mol. The van der Waals surface area contributed by atoms with Crippen molar-refractivity contribution in [2.75, 3.05) is 19.5 Å². The molecule has 0 bridgehead atoms. The van der Waals surface area contributed by atoms with E-state index in [2.05, 4.69) is 5.32 Å². The van der Waals surface area contributed by atoms with Gasteiger partial charge < -0.3 is 19.9 Å². The van der Waals surface area contributed by atoms with Gasteiger partial charge in [-0.25, -0.2) is 0 Å². The van der Waals surface area contributed by atoms with Crippen molar-refractivity contribution in [2.45, 2.75) is 19.6 Å². The molecule has 0 aromatic heterocycles. The van der Waals surface area contributed by atoms with E-state index in [4.69, 9.17) is 9.47 Å². The third-order valence-electron chi connectivity index (χ3n) is 3.37. The number of para-hydroxylation sites is 1. The van der Waals surface area contributed by atoms with Gasteiger partial charge in [-0.2, -0.15) is 0 Å². The van der Waals surface area contributed by atoms with Crippen LogP contribution < -0.4 is 14.8 Å². The number of hydrogen-bond donors (Lipinski definition) is 2. The number of nitrogens with one attached hydrogen (secondary N) is 1. The molecule has 0 aliphatic carbocycles. The maximum absolute atomic E-state index is 9.80. The molecule has 0 saturated carbocycles. The SMILES string of the molecule is COc1ccc(OC)c(CNc2ccccc2C(C)O)c1. The minimum absolute atomic E-state index is 0.513. The molecule has 0 spiro atoms. The van der Waals surface area contributed by atoms with E-state index in [9.17, 15) is 5.11 Å². The highest BCUT2D eigenvalue weighted by atomic mass is 16.5. The topological polar surface area (TPSA) is 50.7 Å². The van der Waals surface area contributed by atoms with E-state index in [-0.39, 0.29) is 0 Å². The number of ether oxygens (including phenoxy) is 2. The molecule has 4 nitrogen and oxygen atoms in total. The van der Waals surface area contributed by atoms with Crippen LogP contribution in [-0.4, -0.2) is 19.3 Å². The van der Waals surface area contributed by atoms with Gasteiger partial charge in [-0.15, -0.1) is 0 Å². The fourth-order valence-electron chi connectivity index (χ4n) is 2.23. The second-order valence-electron chi connectivity index (χ2n) is 4.79. The molecule has 1 atom stereocenters. The Morgan fingerprint density at radius 3 is 2.52 bits per heavy atom. The lowest BCUT2D eigenvalue weighted by Crippen LogP contribution is -2.05. The van der Waals surface area contributed by atoms with E-state index >= 15 is 0 Å². The van der Waals surface area contributed by atoms with Crippen molar-refractivity contribution >= 4 is 5.69 Å². The normalized spacial score (nSPS) is 11.8. The van der Waals surface area contributed by atoms with Crippen LogP contribution in [0, 0.1) is 0 Å². The van der Waals surface area contributed by atoms with Crippen LogP contribution in [0.25, 0.3) is 0 Å². The number of aliphatic hydroxyl groups excluding tert-OH is 1. The molecule has 0 aliphatic heterocycles. The quantitative estimate of drug-likeness (QED) is 0.855. The maximum Gasteiger partial charge on any atom is 0.124 e. The highest BCUT2D eigenvalue weighted by molar-refractivity contribution is 5.53. The lowest BCUT2D eigenvalue weighted by atomic mass is 10.1. The first-order valence-electron chi connectivity index (χ1n) is 6.87. The number of methoxy groups -OCH3 is 2. The summed E-state index contributed by atoms with van der Waals surface area (Å²) in [5.74, 6) is 1.59. The number of hydrogen-bond acceptors (Lipinski definition) is 4. The van der Waals surface area contributed by atoms with Crippen molar-refractivity contribution in [1.82, 2.24) is 0 Å². The van der Waals surface area contributed by atoms with E-state index < -0.39 is 6.10 Å². The average Bonchev–Trinajstić information content (AvgIpc) is 2.52. The fourth-order valence-corrected chi connectivity index (χ4v) is 2.23. The van der Waals surface area contributed by atoms with Crippen LogP contribution in [0.15, 0.2) is 42.5 Å². The van der Waals surface area contributed by atoms with Gasteiger partial charge in [-0.05, 0) is 31.2 Å². The number of rotatable bonds is 6. The van der Waals surface area contributed by atoms with Gasteiger partial charge in [0.1, 0.15) is 11.5 Å². The summed E-state index contributed by atoms with van der Waals surface area (Å²) in [6.07, 6.45) is -0.513. The molecule has 4 heteroatoms. The number of aliphatic hydroxyl groups is 1. The van der Waals surface area contributed by atoms with Crippen LogP contribution in [0.3, 0.4) is 0 Å². The summed E-state index contributed by atoms with van der Waals surface area (Å²) >= 11 is 0. The second-order valence-corrected chi connectivity index (χ2v) is 4.79. The molecular formula is C17H21NO3. The molecule has 0 radical (unpaired) electrons. The first kappa shape index (κ1) is 15.2. The van der Waals surface area contributed by atoms with Crippen LogP contribution in [0.1, 0.15) is 24.2 Å². The predicted molar refractivity (Wildman–Crippen MR) is 83.9 cm³/mol. The van der Waals surface area contributed by atoms with E-state index in [1.54, 1.807) is 21.1 Å². The molecule has 0 fully saturated rings. The van der Waals surface area contributed by atoms with Gasteiger partial charge in [0.25, 0.3) is 0 Å². The molecule has 2 N–H and O–H groups in total. The summed E-state index contributed by atoms with van der Waals surface area (Å²) in [5, 5.41) is 13.1. The number of benzene rings is 2. The van der Waals surface area contributed by atoms with E-state index in [0.717, 1.165) is 28.3 Å². The van der Waals surface area contributed by atoms with E-state index in [1.807, 2.05) is 42.5 Å². The zero-order chi connectivity index (χ0) is 15.2. The van der Waals surface area contributed by atoms with Crippen molar-refractivity contribution in [3.05, 3.63) is 53.6 Å². The Morgan fingerprint density at radius 2 is 1.86 bits per heavy atom. The third kappa shape index (κ3) is 3.67. The predicted octanol–water partition coefficient (Wildman–Crippen LogP) is 3.37. The molecule has 0 amide bonds. The Balaban J connectivity index is 2.20. The van der Waals surface area contributed by atoms with Gasteiger partial charge in [0.05, 0.1) is 20.3 Å². The van der Waals surface area contributed by atoms with Gasteiger partial charge in [-0.1, -0.05) is 18.2 Å². The lowest BCUT2D eigenvalue weighted by Gasteiger charge is -2.16. The maximum atomic E-state index is 9.80. The van der Waals surface area contributed by atoms with Crippen LogP contribution in [0.5, 0.6) is 11.5 Å². The molecule has 0 heterocycles. The Labute approximate surface area is 125 Å². The minimum Gasteiger partial charge on any atom is -0.497 e. The minimum atomic E-state index is -0.513. The van der Waals surface area contributed by atoms with Crippen LogP contribution >= 0.6 is 0 Å². The smallest absolute Gasteiger partial charge is 0.124 e. The van der Waals surface area contributed by atoms with Crippen LogP contribution in [-0.2, 0) is 6.54 Å². The summed E-state index contributed by atoms with van der Waals surface area (Å²) in [7, 11) is 3.29. The van der Waals surface area contributed by atoms with Gasteiger partial charge in [0, 0.05) is 23.4 Å². The Bertz CT molecular complexity index is 596. The van der Waals surface area contributed by atoms with Gasteiger partial charge in [0.2, 0.25) is 0 Å².